The summed E-state index contributed by atoms with van der Waals surface area (Å²) < 4.78 is 6.11. The maximum absolute atomic E-state index is 12.0. The lowest BCUT2D eigenvalue weighted by Gasteiger charge is -2.06. The van der Waals surface area contributed by atoms with Crippen molar-refractivity contribution in [1.82, 2.24) is 10.2 Å². The first-order valence-corrected chi connectivity index (χ1v) is 9.58. The number of hydrogen-bond donors (Lipinski definition) is 1. The summed E-state index contributed by atoms with van der Waals surface area (Å²) in [7, 11) is 1.60. The first-order valence-electron chi connectivity index (χ1n) is 7.80. The fraction of sp³-hybridized carbons (Fsp3) is 0.105. The van der Waals surface area contributed by atoms with Crippen LogP contribution in [-0.2, 0) is 4.79 Å². The number of nitrogens with zero attached hydrogens (tertiary/aromatic N) is 2. The molecule has 1 amide bonds. The smallest absolute Gasteiger partial charge is 0.234 e. The number of methoxy groups -OCH3 is 1. The number of carbonyl (C=O) groups is 1. The Labute approximate surface area is 164 Å². The lowest BCUT2D eigenvalue weighted by molar-refractivity contribution is -0.113. The third kappa shape index (κ3) is 5.06. The molecule has 3 rings (SSSR count). The van der Waals surface area contributed by atoms with Gasteiger partial charge in [0.1, 0.15) is 10.8 Å². The molecule has 2 aromatic carbocycles. The molecule has 7 heteroatoms. The van der Waals surface area contributed by atoms with E-state index in [4.69, 9.17) is 4.74 Å². The molecule has 0 radical (unpaired) electrons. The number of carbonyl (C=O) groups excluding carboxylic acids is 1. The zero-order chi connectivity index (χ0) is 18.4. The van der Waals surface area contributed by atoms with Crippen molar-refractivity contribution >= 4 is 39.3 Å². The second-order valence-corrected chi connectivity index (χ2v) is 7.24. The summed E-state index contributed by atoms with van der Waals surface area (Å²) >= 11 is 4.75. The van der Waals surface area contributed by atoms with E-state index in [0.717, 1.165) is 27.2 Å². The van der Waals surface area contributed by atoms with Crippen molar-refractivity contribution in [1.29, 1.82) is 0 Å². The van der Waals surface area contributed by atoms with Gasteiger partial charge in [0.2, 0.25) is 5.91 Å². The topological polar surface area (TPSA) is 64.1 Å². The summed E-state index contributed by atoms with van der Waals surface area (Å²) in [5, 5.41) is 12.0. The molecule has 26 heavy (non-hydrogen) atoms. The van der Waals surface area contributed by atoms with Crippen molar-refractivity contribution in [3.63, 3.8) is 0 Å². The van der Waals surface area contributed by atoms with E-state index in [9.17, 15) is 4.79 Å². The third-order valence-electron chi connectivity index (χ3n) is 3.50. The number of rotatable bonds is 6. The molecule has 1 aromatic heterocycles. The van der Waals surface area contributed by atoms with E-state index >= 15 is 0 Å². The Morgan fingerprint density at radius 1 is 1.04 bits per heavy atom. The number of thioether (sulfide) groups is 1. The fourth-order valence-corrected chi connectivity index (χ4v) is 3.06. The Morgan fingerprint density at radius 2 is 1.77 bits per heavy atom. The Morgan fingerprint density at radius 3 is 2.38 bits per heavy atom. The highest BCUT2D eigenvalue weighted by atomic mass is 79.9. The molecule has 0 aliphatic rings. The number of halogens is 1. The van der Waals surface area contributed by atoms with Crippen LogP contribution in [0.5, 0.6) is 5.75 Å². The van der Waals surface area contributed by atoms with Crippen molar-refractivity contribution in [2.75, 3.05) is 18.2 Å². The molecule has 1 N–H and O–H groups in total. The van der Waals surface area contributed by atoms with Gasteiger partial charge in [-0.2, -0.15) is 0 Å². The van der Waals surface area contributed by atoms with Crippen molar-refractivity contribution in [2.45, 2.75) is 5.03 Å². The molecule has 0 saturated heterocycles. The summed E-state index contributed by atoms with van der Waals surface area (Å²) in [6, 6.07) is 18.8. The van der Waals surface area contributed by atoms with Crippen molar-refractivity contribution in [2.24, 2.45) is 0 Å². The molecule has 5 nitrogen and oxygen atoms in total. The van der Waals surface area contributed by atoms with Crippen molar-refractivity contribution in [3.8, 4) is 17.0 Å². The normalized spacial score (nSPS) is 10.4. The van der Waals surface area contributed by atoms with Gasteiger partial charge in [-0.05, 0) is 48.5 Å². The molecule has 0 aliphatic heterocycles. The number of aromatic nitrogens is 2. The van der Waals surface area contributed by atoms with E-state index in [-0.39, 0.29) is 11.7 Å². The highest BCUT2D eigenvalue weighted by Crippen LogP contribution is 2.22. The minimum Gasteiger partial charge on any atom is -0.497 e. The molecule has 0 spiro atoms. The minimum absolute atomic E-state index is 0.0982. The van der Waals surface area contributed by atoms with Crippen molar-refractivity contribution in [3.05, 3.63) is 65.1 Å². The van der Waals surface area contributed by atoms with Gasteiger partial charge in [0.05, 0.1) is 18.6 Å². The Kier molecular flexibility index (Phi) is 6.25. The molecule has 0 saturated carbocycles. The lowest BCUT2D eigenvalue weighted by Crippen LogP contribution is -2.14. The van der Waals surface area contributed by atoms with Crippen LogP contribution in [0.15, 0.2) is 70.2 Å². The van der Waals surface area contributed by atoms with E-state index in [2.05, 4.69) is 31.4 Å². The van der Waals surface area contributed by atoms with E-state index in [1.54, 1.807) is 31.4 Å². The van der Waals surface area contributed by atoms with Gasteiger partial charge in [-0.25, -0.2) is 0 Å². The van der Waals surface area contributed by atoms with E-state index < -0.39 is 0 Å². The number of hydrogen-bond acceptors (Lipinski definition) is 5. The SMILES string of the molecule is COc1ccc(NC(=O)CSc2ccc(-c3ccc(Br)cc3)nn2)cc1. The van der Waals surface area contributed by atoms with Crippen LogP contribution in [0.2, 0.25) is 0 Å². The monoisotopic (exact) mass is 429 g/mol. The molecule has 3 aromatic rings. The van der Waals surface area contributed by atoms with Crippen LogP contribution in [0.4, 0.5) is 5.69 Å². The van der Waals surface area contributed by atoms with Gasteiger partial charge in [0.25, 0.3) is 0 Å². The summed E-state index contributed by atoms with van der Waals surface area (Å²) in [5.41, 5.74) is 2.52. The van der Waals surface area contributed by atoms with Crippen molar-refractivity contribution < 1.29 is 9.53 Å². The number of nitrogens with one attached hydrogen (secondary N) is 1. The van der Waals surface area contributed by atoms with Gasteiger partial charge in [-0.1, -0.05) is 39.8 Å². The van der Waals surface area contributed by atoms with E-state index in [1.165, 1.54) is 11.8 Å². The number of benzene rings is 2. The molecule has 0 bridgehead atoms. The maximum Gasteiger partial charge on any atom is 0.234 e. The number of ether oxygens (including phenoxy) is 1. The molecular formula is C19H16BrN3O2S. The number of amides is 1. The molecular weight excluding hydrogens is 414 g/mol. The Hall–Kier alpha value is -2.38. The molecule has 0 atom stereocenters. The van der Waals surface area contributed by atoms with E-state index in [1.807, 2.05) is 36.4 Å². The first-order chi connectivity index (χ1) is 12.6. The zero-order valence-electron chi connectivity index (χ0n) is 14.0. The van der Waals surface area contributed by atoms with Gasteiger partial charge >= 0.3 is 0 Å². The van der Waals surface area contributed by atoms with Crippen LogP contribution >= 0.6 is 27.7 Å². The van der Waals surface area contributed by atoms with Gasteiger partial charge in [-0.15, -0.1) is 10.2 Å². The second-order valence-electron chi connectivity index (χ2n) is 5.33. The average Bonchev–Trinajstić information content (AvgIpc) is 2.68. The maximum atomic E-state index is 12.0. The Balaban J connectivity index is 1.53. The van der Waals surface area contributed by atoms with E-state index in [0.29, 0.717) is 5.03 Å². The van der Waals surface area contributed by atoms with Crippen LogP contribution in [0.1, 0.15) is 0 Å². The molecule has 0 fully saturated rings. The molecule has 0 aliphatic carbocycles. The highest BCUT2D eigenvalue weighted by molar-refractivity contribution is 9.10. The van der Waals surface area contributed by atoms with Crippen LogP contribution in [0.25, 0.3) is 11.3 Å². The predicted octanol–water partition coefficient (Wildman–Crippen LogP) is 4.65. The third-order valence-corrected chi connectivity index (χ3v) is 4.95. The zero-order valence-corrected chi connectivity index (χ0v) is 16.4. The van der Waals surface area contributed by atoms with Gasteiger partial charge in [0, 0.05) is 15.7 Å². The summed E-state index contributed by atoms with van der Waals surface area (Å²) in [4.78, 5) is 12.0. The largest absolute Gasteiger partial charge is 0.497 e. The predicted molar refractivity (Wildman–Crippen MR) is 108 cm³/mol. The Bertz CT molecular complexity index is 869. The summed E-state index contributed by atoms with van der Waals surface area (Å²) in [6.45, 7) is 0. The van der Waals surface area contributed by atoms with Crippen LogP contribution in [0.3, 0.4) is 0 Å². The standard InChI is InChI=1S/C19H16BrN3O2S/c1-25-16-8-6-15(7-9-16)21-18(24)12-26-19-11-10-17(22-23-19)13-2-4-14(20)5-3-13/h2-11H,12H2,1H3,(H,21,24). The summed E-state index contributed by atoms with van der Waals surface area (Å²) in [5.74, 6) is 0.913. The second kappa shape index (κ2) is 8.82. The first kappa shape index (κ1) is 18.4. The number of anilines is 1. The average molecular weight is 430 g/mol. The fourth-order valence-electron chi connectivity index (χ4n) is 2.18. The van der Waals surface area contributed by atoms with Gasteiger partial charge in [0.15, 0.2) is 0 Å². The highest BCUT2D eigenvalue weighted by Gasteiger charge is 2.06. The molecule has 132 valence electrons. The van der Waals surface area contributed by atoms with Crippen LogP contribution in [-0.4, -0.2) is 29.0 Å². The van der Waals surface area contributed by atoms with Crippen LogP contribution < -0.4 is 10.1 Å². The lowest BCUT2D eigenvalue weighted by atomic mass is 10.1. The summed E-state index contributed by atoms with van der Waals surface area (Å²) in [6.07, 6.45) is 0. The minimum atomic E-state index is -0.0982. The molecule has 0 unspecified atom stereocenters. The van der Waals surface area contributed by atoms with Gasteiger partial charge < -0.3 is 10.1 Å². The quantitative estimate of drug-likeness (QED) is 0.577. The van der Waals surface area contributed by atoms with Crippen LogP contribution in [0, 0.1) is 0 Å². The molecule has 1 heterocycles. The van der Waals surface area contributed by atoms with Gasteiger partial charge in [-0.3, -0.25) is 4.79 Å².